The van der Waals surface area contributed by atoms with Gasteiger partial charge in [0.25, 0.3) is 5.91 Å². The van der Waals surface area contributed by atoms with E-state index in [1.165, 1.54) is 5.56 Å². The van der Waals surface area contributed by atoms with Crippen LogP contribution in [0.15, 0.2) is 72.9 Å². The van der Waals surface area contributed by atoms with Gasteiger partial charge in [0.15, 0.2) is 5.82 Å². The lowest BCUT2D eigenvalue weighted by molar-refractivity contribution is -0.120. The van der Waals surface area contributed by atoms with Crippen LogP contribution in [0.1, 0.15) is 34.7 Å². The summed E-state index contributed by atoms with van der Waals surface area (Å²) in [6, 6.07) is 21.4. The Kier molecular flexibility index (Phi) is 6.02. The third-order valence-corrected chi connectivity index (χ3v) is 6.59. The molecular weight excluding hydrogens is 414 g/mol. The Bertz CT molecular complexity index is 1090. The van der Waals surface area contributed by atoms with Crippen LogP contribution in [-0.4, -0.2) is 53.1 Å². The number of hydrogen-bond acceptors (Lipinski definition) is 5. The van der Waals surface area contributed by atoms with Gasteiger partial charge in [0.1, 0.15) is 0 Å². The summed E-state index contributed by atoms with van der Waals surface area (Å²) in [7, 11) is 0. The Hall–Kier alpha value is -3.74. The predicted octanol–water partition coefficient (Wildman–Crippen LogP) is 3.57. The number of amides is 2. The van der Waals surface area contributed by atoms with E-state index in [9.17, 15) is 9.59 Å². The number of carbonyl (C=O) groups is 2. The van der Waals surface area contributed by atoms with Crippen LogP contribution in [0.5, 0.6) is 0 Å². The number of nitrogens with one attached hydrogen (secondary N) is 1. The SMILES string of the molecule is O=C(Nc1ccc(C2CCN(C(=O)c3ccccc3)CC2)cc1)C1CN(c2cccnn2)C1. The van der Waals surface area contributed by atoms with Crippen molar-refractivity contribution in [3.63, 3.8) is 0 Å². The first-order chi connectivity index (χ1) is 16.2. The number of anilines is 2. The molecule has 7 nitrogen and oxygen atoms in total. The molecular formula is C26H27N5O2. The van der Waals surface area contributed by atoms with Gasteiger partial charge in [0, 0.05) is 43.6 Å². The highest BCUT2D eigenvalue weighted by Gasteiger charge is 2.33. The van der Waals surface area contributed by atoms with E-state index >= 15 is 0 Å². The van der Waals surface area contributed by atoms with Gasteiger partial charge in [-0.2, -0.15) is 5.10 Å². The van der Waals surface area contributed by atoms with E-state index in [1.807, 2.05) is 59.5 Å². The van der Waals surface area contributed by atoms with Gasteiger partial charge in [-0.1, -0.05) is 30.3 Å². The van der Waals surface area contributed by atoms with Crippen LogP contribution in [0.2, 0.25) is 0 Å². The number of hydrogen-bond donors (Lipinski definition) is 1. The lowest BCUT2D eigenvalue weighted by Crippen LogP contribution is -2.52. The monoisotopic (exact) mass is 441 g/mol. The molecule has 3 aromatic rings. The van der Waals surface area contributed by atoms with Crippen LogP contribution >= 0.6 is 0 Å². The maximum absolute atomic E-state index is 12.7. The molecule has 5 rings (SSSR count). The minimum atomic E-state index is -0.0434. The zero-order valence-corrected chi connectivity index (χ0v) is 18.4. The summed E-state index contributed by atoms with van der Waals surface area (Å²) in [4.78, 5) is 29.2. The molecule has 3 heterocycles. The Morgan fingerprint density at radius 3 is 2.27 bits per heavy atom. The molecule has 2 aromatic carbocycles. The Labute approximate surface area is 193 Å². The van der Waals surface area contributed by atoms with Gasteiger partial charge in [-0.25, -0.2) is 0 Å². The number of nitrogens with zero attached hydrogens (tertiary/aromatic N) is 4. The normalized spacial score (nSPS) is 16.8. The third kappa shape index (κ3) is 4.72. The summed E-state index contributed by atoms with van der Waals surface area (Å²) in [5.74, 6) is 1.35. The molecule has 0 saturated carbocycles. The average molecular weight is 442 g/mol. The van der Waals surface area contributed by atoms with Gasteiger partial charge in [-0.05, 0) is 60.7 Å². The fourth-order valence-corrected chi connectivity index (χ4v) is 4.56. The van der Waals surface area contributed by atoms with E-state index in [4.69, 9.17) is 0 Å². The molecule has 2 aliphatic heterocycles. The summed E-state index contributed by atoms with van der Waals surface area (Å²) < 4.78 is 0. The molecule has 0 aliphatic carbocycles. The minimum absolute atomic E-state index is 0.0376. The standard InChI is InChI=1S/C26H27N5O2/c32-25(22-17-31(18-22)24-7-4-14-27-29-24)28-23-10-8-19(9-11-23)20-12-15-30(16-13-20)26(33)21-5-2-1-3-6-21/h1-11,14,20,22H,12-13,15-18H2,(H,28,32). The average Bonchev–Trinajstić information content (AvgIpc) is 2.84. The van der Waals surface area contributed by atoms with Crippen LogP contribution in [-0.2, 0) is 4.79 Å². The highest BCUT2D eigenvalue weighted by molar-refractivity contribution is 5.95. The van der Waals surface area contributed by atoms with Gasteiger partial charge in [0.2, 0.25) is 5.91 Å². The van der Waals surface area contributed by atoms with Gasteiger partial charge in [-0.3, -0.25) is 9.59 Å². The largest absolute Gasteiger partial charge is 0.353 e. The van der Waals surface area contributed by atoms with Gasteiger partial charge in [-0.15, -0.1) is 5.10 Å². The van der Waals surface area contributed by atoms with E-state index in [0.29, 0.717) is 19.0 Å². The summed E-state index contributed by atoms with van der Waals surface area (Å²) >= 11 is 0. The second-order valence-corrected chi connectivity index (χ2v) is 8.73. The number of rotatable bonds is 5. The second-order valence-electron chi connectivity index (χ2n) is 8.73. The summed E-state index contributed by atoms with van der Waals surface area (Å²) in [5, 5.41) is 11.0. The Morgan fingerprint density at radius 2 is 1.61 bits per heavy atom. The molecule has 0 unspecified atom stereocenters. The van der Waals surface area contributed by atoms with Crippen LogP contribution in [0.4, 0.5) is 11.5 Å². The minimum Gasteiger partial charge on any atom is -0.353 e. The van der Waals surface area contributed by atoms with Gasteiger partial charge >= 0.3 is 0 Å². The first kappa shape index (κ1) is 21.1. The van der Waals surface area contributed by atoms with Crippen LogP contribution in [0, 0.1) is 5.92 Å². The van der Waals surface area contributed by atoms with Gasteiger partial charge < -0.3 is 15.1 Å². The summed E-state index contributed by atoms with van der Waals surface area (Å²) in [5.41, 5.74) is 2.83. The highest BCUT2D eigenvalue weighted by atomic mass is 16.2. The molecule has 2 fully saturated rings. The molecule has 2 saturated heterocycles. The molecule has 168 valence electrons. The van der Waals surface area contributed by atoms with Crippen molar-refractivity contribution < 1.29 is 9.59 Å². The maximum atomic E-state index is 12.7. The van der Waals surface area contributed by atoms with Crippen molar-refractivity contribution in [2.45, 2.75) is 18.8 Å². The molecule has 2 amide bonds. The number of benzene rings is 2. The third-order valence-electron chi connectivity index (χ3n) is 6.59. The van der Waals surface area contributed by atoms with Gasteiger partial charge in [0.05, 0.1) is 5.92 Å². The van der Waals surface area contributed by atoms with Crippen molar-refractivity contribution in [3.8, 4) is 0 Å². The van der Waals surface area contributed by atoms with Crippen molar-refractivity contribution >= 4 is 23.3 Å². The molecule has 0 radical (unpaired) electrons. The number of likely N-dealkylation sites (tertiary alicyclic amines) is 1. The number of aromatic nitrogens is 2. The summed E-state index contributed by atoms with van der Waals surface area (Å²) in [6.45, 7) is 2.84. The van der Waals surface area contributed by atoms with E-state index in [2.05, 4.69) is 32.5 Å². The molecule has 0 atom stereocenters. The quantitative estimate of drug-likeness (QED) is 0.655. The Morgan fingerprint density at radius 1 is 0.879 bits per heavy atom. The summed E-state index contributed by atoms with van der Waals surface area (Å²) in [6.07, 6.45) is 3.54. The van der Waals surface area contributed by atoms with Crippen molar-refractivity contribution in [1.29, 1.82) is 0 Å². The fourth-order valence-electron chi connectivity index (χ4n) is 4.56. The first-order valence-corrected chi connectivity index (χ1v) is 11.4. The van der Waals surface area contributed by atoms with E-state index in [1.54, 1.807) is 6.20 Å². The zero-order chi connectivity index (χ0) is 22.6. The first-order valence-electron chi connectivity index (χ1n) is 11.4. The molecule has 33 heavy (non-hydrogen) atoms. The highest BCUT2D eigenvalue weighted by Crippen LogP contribution is 2.30. The molecule has 0 spiro atoms. The van der Waals surface area contributed by atoms with Crippen LogP contribution in [0.25, 0.3) is 0 Å². The van der Waals surface area contributed by atoms with E-state index in [0.717, 1.165) is 43.0 Å². The molecule has 1 aromatic heterocycles. The second kappa shape index (κ2) is 9.40. The van der Waals surface area contributed by atoms with E-state index in [-0.39, 0.29) is 17.7 Å². The topological polar surface area (TPSA) is 78.4 Å². The van der Waals surface area contributed by atoms with Crippen molar-refractivity contribution in [3.05, 3.63) is 84.1 Å². The van der Waals surface area contributed by atoms with Crippen molar-refractivity contribution in [2.75, 3.05) is 36.4 Å². The maximum Gasteiger partial charge on any atom is 0.253 e. The fraction of sp³-hybridized carbons (Fsp3) is 0.308. The van der Waals surface area contributed by atoms with E-state index < -0.39 is 0 Å². The molecule has 1 N–H and O–H groups in total. The van der Waals surface area contributed by atoms with Crippen molar-refractivity contribution in [2.24, 2.45) is 5.92 Å². The predicted molar refractivity (Wildman–Crippen MR) is 127 cm³/mol. The zero-order valence-electron chi connectivity index (χ0n) is 18.4. The Balaban J connectivity index is 1.10. The molecule has 0 bridgehead atoms. The number of carbonyl (C=O) groups excluding carboxylic acids is 2. The lowest BCUT2D eigenvalue weighted by Gasteiger charge is -2.38. The lowest BCUT2D eigenvalue weighted by atomic mass is 9.89. The smallest absolute Gasteiger partial charge is 0.253 e. The molecule has 2 aliphatic rings. The number of piperidine rings is 1. The van der Waals surface area contributed by atoms with Crippen LogP contribution in [0.3, 0.4) is 0 Å². The molecule has 7 heteroatoms. The van der Waals surface area contributed by atoms with Crippen LogP contribution < -0.4 is 10.2 Å². The van der Waals surface area contributed by atoms with Crippen molar-refractivity contribution in [1.82, 2.24) is 15.1 Å².